The molecule has 1 rings (SSSR count). The predicted octanol–water partition coefficient (Wildman–Crippen LogP) is 2.27. The molecule has 3 N–H and O–H groups in total. The van der Waals surface area contributed by atoms with E-state index in [1.165, 1.54) is 0 Å². The second-order valence-corrected chi connectivity index (χ2v) is 4.35. The van der Waals surface area contributed by atoms with Gasteiger partial charge in [-0.1, -0.05) is 15.9 Å². The van der Waals surface area contributed by atoms with Crippen LogP contribution in [-0.4, -0.2) is 25.4 Å². The van der Waals surface area contributed by atoms with Crippen LogP contribution in [0.1, 0.15) is 18.5 Å². The minimum atomic E-state index is -0.630. The van der Waals surface area contributed by atoms with Crippen molar-refractivity contribution in [3.8, 4) is 11.5 Å². The molecule has 2 atom stereocenters. The summed E-state index contributed by atoms with van der Waals surface area (Å²) in [6.45, 7) is 1.65. The summed E-state index contributed by atoms with van der Waals surface area (Å²) in [6.07, 6.45) is -0.630. The Morgan fingerprint density at radius 1 is 1.24 bits per heavy atom. The molecule has 0 fully saturated rings. The van der Waals surface area contributed by atoms with Crippen LogP contribution in [0, 0.1) is 0 Å². The molecule has 0 saturated carbocycles. The van der Waals surface area contributed by atoms with Gasteiger partial charge in [0.15, 0.2) is 11.5 Å². The number of ether oxygens (including phenoxy) is 2. The summed E-state index contributed by atoms with van der Waals surface area (Å²) in [5, 5.41) is 9.47. The van der Waals surface area contributed by atoms with Gasteiger partial charge in [-0.3, -0.25) is 0 Å². The van der Waals surface area contributed by atoms with Gasteiger partial charge in [0.2, 0.25) is 0 Å². The van der Waals surface area contributed by atoms with Crippen molar-refractivity contribution in [1.82, 2.24) is 0 Å². The number of nitrogens with two attached hydrogens (primary N) is 1. The molecule has 6 heteroatoms. The van der Waals surface area contributed by atoms with Crippen molar-refractivity contribution in [3.05, 3.63) is 22.2 Å². The van der Waals surface area contributed by atoms with Gasteiger partial charge < -0.3 is 20.3 Å². The second-order valence-electron chi connectivity index (χ2n) is 3.50. The largest absolute Gasteiger partial charge is 0.493 e. The van der Waals surface area contributed by atoms with Crippen molar-refractivity contribution in [2.75, 3.05) is 14.2 Å². The first kappa shape index (κ1) is 16.5. The zero-order valence-electron chi connectivity index (χ0n) is 9.94. The van der Waals surface area contributed by atoms with Crippen LogP contribution in [0.2, 0.25) is 0 Å². The summed E-state index contributed by atoms with van der Waals surface area (Å²) >= 11 is 3.39. The van der Waals surface area contributed by atoms with Gasteiger partial charge in [0.25, 0.3) is 0 Å². The molecule has 98 valence electrons. The fourth-order valence-electron chi connectivity index (χ4n) is 1.39. The Kier molecular flexibility index (Phi) is 6.85. The van der Waals surface area contributed by atoms with Gasteiger partial charge in [0.05, 0.1) is 26.4 Å². The molecular formula is C11H17BrClNO3. The van der Waals surface area contributed by atoms with E-state index in [-0.39, 0.29) is 12.4 Å². The van der Waals surface area contributed by atoms with Crippen LogP contribution in [-0.2, 0) is 0 Å². The van der Waals surface area contributed by atoms with Crippen molar-refractivity contribution in [3.63, 3.8) is 0 Å². The monoisotopic (exact) mass is 325 g/mol. The molecular weight excluding hydrogens is 309 g/mol. The first-order valence-electron chi connectivity index (χ1n) is 4.86. The molecule has 0 spiro atoms. The number of rotatable bonds is 4. The van der Waals surface area contributed by atoms with Crippen LogP contribution in [0.25, 0.3) is 0 Å². The van der Waals surface area contributed by atoms with Crippen LogP contribution in [0.5, 0.6) is 11.5 Å². The number of aliphatic hydroxyl groups is 1. The quantitative estimate of drug-likeness (QED) is 0.891. The van der Waals surface area contributed by atoms with Crippen LogP contribution < -0.4 is 15.2 Å². The van der Waals surface area contributed by atoms with E-state index < -0.39 is 12.1 Å². The molecule has 0 radical (unpaired) electrons. The fourth-order valence-corrected chi connectivity index (χ4v) is 1.97. The Morgan fingerprint density at radius 3 is 2.12 bits per heavy atom. The number of methoxy groups -OCH3 is 2. The van der Waals surface area contributed by atoms with Gasteiger partial charge in [-0.2, -0.15) is 0 Å². The Labute approximate surface area is 116 Å². The maximum atomic E-state index is 9.47. The van der Waals surface area contributed by atoms with Crippen molar-refractivity contribution in [1.29, 1.82) is 0 Å². The predicted molar refractivity (Wildman–Crippen MR) is 73.1 cm³/mol. The van der Waals surface area contributed by atoms with Gasteiger partial charge in [0, 0.05) is 4.47 Å². The van der Waals surface area contributed by atoms with E-state index >= 15 is 0 Å². The van der Waals surface area contributed by atoms with Crippen LogP contribution >= 0.6 is 28.3 Å². The molecule has 0 bridgehead atoms. The topological polar surface area (TPSA) is 64.7 Å². The number of hydrogen-bond donors (Lipinski definition) is 2. The zero-order valence-corrected chi connectivity index (χ0v) is 12.3. The Hall–Kier alpha value is -0.490. The van der Waals surface area contributed by atoms with Crippen molar-refractivity contribution in [2.24, 2.45) is 5.73 Å². The zero-order chi connectivity index (χ0) is 12.3. The lowest BCUT2D eigenvalue weighted by molar-refractivity contribution is 0.164. The summed E-state index contributed by atoms with van der Waals surface area (Å²) in [6, 6.07) is 3.07. The summed E-state index contributed by atoms with van der Waals surface area (Å²) < 4.78 is 11.1. The number of halogens is 2. The molecule has 0 aliphatic carbocycles. The highest BCUT2D eigenvalue weighted by Crippen LogP contribution is 2.36. The molecule has 0 aliphatic rings. The van der Waals surface area contributed by atoms with E-state index in [9.17, 15) is 5.11 Å². The Bertz CT molecular complexity index is 374. The molecule has 1 aromatic carbocycles. The molecule has 0 aromatic heterocycles. The average Bonchev–Trinajstić information content (AvgIpc) is 2.27. The van der Waals surface area contributed by atoms with E-state index in [2.05, 4.69) is 15.9 Å². The Balaban J connectivity index is 0.00000256. The van der Waals surface area contributed by atoms with E-state index in [4.69, 9.17) is 15.2 Å². The third kappa shape index (κ3) is 3.74. The standard InChI is InChI=1S/C11H16BrNO3.ClH/c1-6(14)11(13)7-4-9(15-2)10(16-3)5-8(7)12;/h4-6,11,14H,13H2,1-3H3;1H/t6-,11-;/m1./s1. The average molecular weight is 327 g/mol. The lowest BCUT2D eigenvalue weighted by atomic mass is 10.0. The van der Waals surface area contributed by atoms with E-state index in [1.54, 1.807) is 33.3 Å². The molecule has 0 aliphatic heterocycles. The van der Waals surface area contributed by atoms with Crippen molar-refractivity contribution in [2.45, 2.75) is 19.1 Å². The fraction of sp³-hybridized carbons (Fsp3) is 0.455. The summed E-state index contributed by atoms with van der Waals surface area (Å²) in [5.74, 6) is 1.22. The normalized spacial score (nSPS) is 13.5. The molecule has 0 saturated heterocycles. The minimum absolute atomic E-state index is 0. The summed E-state index contributed by atoms with van der Waals surface area (Å²) in [4.78, 5) is 0. The van der Waals surface area contributed by atoms with Gasteiger partial charge >= 0.3 is 0 Å². The van der Waals surface area contributed by atoms with E-state index in [0.29, 0.717) is 11.5 Å². The number of hydrogen-bond acceptors (Lipinski definition) is 4. The Morgan fingerprint density at radius 2 is 1.71 bits per heavy atom. The second kappa shape index (κ2) is 7.06. The maximum Gasteiger partial charge on any atom is 0.161 e. The summed E-state index contributed by atoms with van der Waals surface area (Å²) in [5.41, 5.74) is 6.66. The van der Waals surface area contributed by atoms with E-state index in [1.807, 2.05) is 0 Å². The van der Waals surface area contributed by atoms with Crippen molar-refractivity contribution < 1.29 is 14.6 Å². The van der Waals surface area contributed by atoms with Crippen LogP contribution in [0.3, 0.4) is 0 Å². The molecule has 0 unspecified atom stereocenters. The third-order valence-corrected chi connectivity index (χ3v) is 3.07. The highest BCUT2D eigenvalue weighted by atomic mass is 79.9. The highest BCUT2D eigenvalue weighted by Gasteiger charge is 2.18. The van der Waals surface area contributed by atoms with E-state index in [0.717, 1.165) is 10.0 Å². The molecule has 0 heterocycles. The van der Waals surface area contributed by atoms with Gasteiger partial charge in [-0.05, 0) is 24.6 Å². The van der Waals surface area contributed by atoms with Gasteiger partial charge in [0.1, 0.15) is 0 Å². The maximum absolute atomic E-state index is 9.47. The molecule has 0 amide bonds. The molecule has 17 heavy (non-hydrogen) atoms. The van der Waals surface area contributed by atoms with Crippen LogP contribution in [0.15, 0.2) is 16.6 Å². The first-order valence-corrected chi connectivity index (χ1v) is 5.65. The van der Waals surface area contributed by atoms with Crippen molar-refractivity contribution >= 4 is 28.3 Å². The lowest BCUT2D eigenvalue weighted by Crippen LogP contribution is -2.23. The number of aliphatic hydroxyl groups excluding tert-OH is 1. The molecule has 1 aromatic rings. The highest BCUT2D eigenvalue weighted by molar-refractivity contribution is 9.10. The van der Waals surface area contributed by atoms with Gasteiger partial charge in [-0.15, -0.1) is 12.4 Å². The number of benzene rings is 1. The molecule has 4 nitrogen and oxygen atoms in total. The SMILES string of the molecule is COc1cc(Br)c([C@H](N)[C@@H](C)O)cc1OC.Cl. The van der Waals surface area contributed by atoms with Crippen LogP contribution in [0.4, 0.5) is 0 Å². The lowest BCUT2D eigenvalue weighted by Gasteiger charge is -2.19. The minimum Gasteiger partial charge on any atom is -0.493 e. The summed E-state index contributed by atoms with van der Waals surface area (Å²) in [7, 11) is 3.13. The van der Waals surface area contributed by atoms with Gasteiger partial charge in [-0.25, -0.2) is 0 Å². The smallest absolute Gasteiger partial charge is 0.161 e. The first-order chi connectivity index (χ1) is 7.51. The third-order valence-electron chi connectivity index (χ3n) is 2.38.